The summed E-state index contributed by atoms with van der Waals surface area (Å²) in [5.74, 6) is -2.51. The lowest BCUT2D eigenvalue weighted by Gasteiger charge is -2.49. The Labute approximate surface area is 454 Å². The molecule has 6 saturated heterocycles. The average Bonchev–Trinajstić information content (AvgIpc) is 3.41. The van der Waals surface area contributed by atoms with Crippen molar-refractivity contribution < 1.29 is 153 Å². The fraction of sp³-hybridized carbons (Fsp3) is 0.909. The third kappa shape index (κ3) is 15.7. The van der Waals surface area contributed by atoms with Gasteiger partial charge in [0.05, 0.1) is 45.7 Å². The van der Waals surface area contributed by atoms with Gasteiger partial charge < -0.3 is 161 Å². The summed E-state index contributed by atoms with van der Waals surface area (Å²) in [6.45, 7) is -0.0524. The van der Waals surface area contributed by atoms with Gasteiger partial charge in [-0.15, -0.1) is 0 Å². The Kier molecular flexibility index (Phi) is 25.3. The van der Waals surface area contributed by atoms with Crippen molar-refractivity contribution in [3.05, 3.63) is 0 Å². The molecule has 0 aromatic carbocycles. The Morgan fingerprint density at radius 2 is 0.600 bits per heavy atom. The summed E-state index contributed by atoms with van der Waals surface area (Å²) < 4.78 is 55.7. The van der Waals surface area contributed by atoms with Gasteiger partial charge in [-0.1, -0.05) is 0 Å². The maximum atomic E-state index is 12.0. The topological polar surface area (TPSA) is 579 Å². The van der Waals surface area contributed by atoms with E-state index in [9.17, 15) is 106 Å². The van der Waals surface area contributed by atoms with E-state index in [-0.39, 0.29) is 0 Å². The number of carbonyl (C=O) groups excluding carboxylic acids is 4. The van der Waals surface area contributed by atoms with Crippen LogP contribution in [-0.2, 0) is 66.5 Å². The maximum Gasteiger partial charge on any atom is 0.217 e. The lowest BCUT2D eigenvalue weighted by molar-refractivity contribution is -0.360. The van der Waals surface area contributed by atoms with E-state index < -0.39 is 247 Å². The summed E-state index contributed by atoms with van der Waals surface area (Å²) in [6, 6.07) is -5.49. The standard InChI is InChI=1S/C22H39N3O15.C22H38N2O16/c1-6(29)24-11-14(32)18(9(4-27)36-20(11)23)39-21-12(25-7(2)30)15(33)19(10(5-28)38-21)40-22-17(35)16(34)13(31)8(3-26)37-22;1-6(28)23-11-14(31)18(9(4-26)36-20(11)35)39-21-12(24-7(2)29)15(32)19(10(5-27)38-21)40-22-17(34)16(33)13(30)8(3-25)37-22/h8-22,26-28,31-35H,3-5,23H2,1-2H3,(H,24,29)(H,25,30);8-22,25-27,30-35H,3-5H2,1-2H3,(H,23,28)(H,24,29)/t8?,9?,10?,11?,12?,13-,14-,15-,16+,17?,18-,19-,20-,21+,22+;8?,9?,10?,11?,12?,13-,14-,15-,16+,17?,18-,19-,20?,21+,22+/m11/s1. The normalized spacial score (nSPS) is 46.0. The van der Waals surface area contributed by atoms with E-state index in [1.54, 1.807) is 0 Å². The zero-order valence-corrected chi connectivity index (χ0v) is 43.5. The number of rotatable bonds is 18. The van der Waals surface area contributed by atoms with E-state index in [1.165, 1.54) is 6.92 Å². The van der Waals surface area contributed by atoms with Crippen LogP contribution in [0.5, 0.6) is 0 Å². The zero-order valence-electron chi connectivity index (χ0n) is 43.5. The molecule has 23 N–H and O–H groups in total. The van der Waals surface area contributed by atoms with Gasteiger partial charge in [0.15, 0.2) is 31.5 Å². The average molecular weight is 1170 g/mol. The summed E-state index contributed by atoms with van der Waals surface area (Å²) in [5, 5.41) is 183. The van der Waals surface area contributed by atoms with Crippen molar-refractivity contribution in [3.8, 4) is 0 Å². The molecule has 0 aromatic heterocycles. The van der Waals surface area contributed by atoms with Gasteiger partial charge in [0.1, 0.15) is 146 Å². The van der Waals surface area contributed by atoms with Crippen molar-refractivity contribution in [1.29, 1.82) is 0 Å². The van der Waals surface area contributed by atoms with Crippen molar-refractivity contribution in [2.24, 2.45) is 5.73 Å². The van der Waals surface area contributed by atoms with E-state index in [1.807, 2.05) is 0 Å². The SMILES string of the molecule is CC(=O)NC1C(O)OC(CO)[C@@H](O[C@@H]2OC(CO)[C@@H](O[C@@H]3OC(CO)[C@@H](O)[C@H](O)C3O)[C@H](O)C2NC(C)=O)[C@@H]1O.CC(=O)NC1[C@H](O[C@@H]2C(CO)O[C@@H](N)C(NC(C)=O)[C@H]2O)OC(CO)[C@@H](O[C@@H]2OC(CO)[C@@H](O)[C@H](O)C2O)[C@@H]1O. The molecule has 6 heterocycles. The van der Waals surface area contributed by atoms with Gasteiger partial charge in [-0.25, -0.2) is 0 Å². The van der Waals surface area contributed by atoms with Crippen molar-refractivity contribution in [1.82, 2.24) is 21.3 Å². The van der Waals surface area contributed by atoms with Crippen LogP contribution in [0.1, 0.15) is 27.7 Å². The van der Waals surface area contributed by atoms with Crippen LogP contribution in [0.2, 0.25) is 0 Å². The Bertz CT molecular complexity index is 1840. The molecule has 80 heavy (non-hydrogen) atoms. The first kappa shape index (κ1) is 67.5. The Morgan fingerprint density at radius 1 is 0.338 bits per heavy atom. The van der Waals surface area contributed by atoms with Crippen LogP contribution in [0.3, 0.4) is 0 Å². The van der Waals surface area contributed by atoms with Crippen LogP contribution in [0.25, 0.3) is 0 Å². The third-order valence-corrected chi connectivity index (χ3v) is 13.9. The molecule has 36 nitrogen and oxygen atoms in total. The molecule has 36 heteroatoms. The second kappa shape index (κ2) is 30.0. The molecule has 0 bridgehead atoms. The number of nitrogens with two attached hydrogens (primary N) is 1. The van der Waals surface area contributed by atoms with Gasteiger partial charge in [-0.05, 0) is 0 Å². The van der Waals surface area contributed by atoms with Gasteiger partial charge in [0, 0.05) is 27.7 Å². The van der Waals surface area contributed by atoms with Crippen LogP contribution in [0.15, 0.2) is 0 Å². The highest BCUT2D eigenvalue weighted by Gasteiger charge is 2.56. The van der Waals surface area contributed by atoms with Crippen LogP contribution in [0.4, 0.5) is 0 Å². The summed E-state index contributed by atoms with van der Waals surface area (Å²) in [4.78, 5) is 47.1. The molecule has 0 spiro atoms. The van der Waals surface area contributed by atoms with Crippen LogP contribution in [-0.4, -0.2) is 334 Å². The third-order valence-electron chi connectivity index (χ3n) is 13.9. The molecule has 13 unspecified atom stereocenters. The number of nitrogens with one attached hydrogen (secondary N) is 4. The number of ether oxygens (including phenoxy) is 10. The highest BCUT2D eigenvalue weighted by atomic mass is 16.8. The van der Waals surface area contributed by atoms with E-state index in [4.69, 9.17) is 53.1 Å². The number of aliphatic hydroxyl groups excluding tert-OH is 17. The van der Waals surface area contributed by atoms with Crippen LogP contribution in [0, 0.1) is 0 Å². The number of hydrogen-bond donors (Lipinski definition) is 22. The predicted octanol–water partition coefficient (Wildman–Crippen LogP) is -14.6. The minimum atomic E-state index is -1.85. The fourth-order valence-corrected chi connectivity index (χ4v) is 9.80. The van der Waals surface area contributed by atoms with Gasteiger partial charge in [0.25, 0.3) is 0 Å². The summed E-state index contributed by atoms with van der Waals surface area (Å²) in [7, 11) is 0. The van der Waals surface area contributed by atoms with Crippen molar-refractivity contribution >= 4 is 23.6 Å². The lowest BCUT2D eigenvalue weighted by Crippen LogP contribution is -2.71. The molecule has 0 radical (unpaired) electrons. The van der Waals surface area contributed by atoms with Crippen LogP contribution >= 0.6 is 0 Å². The minimum absolute atomic E-state index is 0.543. The molecule has 6 rings (SSSR count). The molecule has 464 valence electrons. The van der Waals surface area contributed by atoms with Crippen molar-refractivity contribution in [2.45, 2.75) is 212 Å². The van der Waals surface area contributed by atoms with Crippen LogP contribution < -0.4 is 27.0 Å². The summed E-state index contributed by atoms with van der Waals surface area (Å²) >= 11 is 0. The highest BCUT2D eigenvalue weighted by molar-refractivity contribution is 5.74. The monoisotopic (exact) mass is 1170 g/mol. The first-order valence-electron chi connectivity index (χ1n) is 25.2. The molecule has 4 amide bonds. The number of aliphatic hydroxyl groups is 17. The van der Waals surface area contributed by atoms with E-state index in [0.29, 0.717) is 0 Å². The molecular weight excluding hydrogens is 1090 g/mol. The zero-order chi connectivity index (χ0) is 59.8. The maximum absolute atomic E-state index is 12.0. The highest BCUT2D eigenvalue weighted by Crippen LogP contribution is 2.35. The molecular formula is C44H77N5O31. The Balaban J connectivity index is 0.000000294. The summed E-state index contributed by atoms with van der Waals surface area (Å²) in [6.07, 6.45) is -41.1. The predicted molar refractivity (Wildman–Crippen MR) is 251 cm³/mol. The molecule has 0 aromatic rings. The van der Waals surface area contributed by atoms with Crippen molar-refractivity contribution in [2.75, 3.05) is 39.6 Å². The van der Waals surface area contributed by atoms with Gasteiger partial charge >= 0.3 is 0 Å². The first-order valence-corrected chi connectivity index (χ1v) is 25.2. The molecule has 6 aliphatic rings. The molecule has 0 aliphatic carbocycles. The van der Waals surface area contributed by atoms with E-state index in [2.05, 4.69) is 21.3 Å². The Morgan fingerprint density at radius 3 is 0.938 bits per heavy atom. The lowest BCUT2D eigenvalue weighted by atomic mass is 9.93. The second-order valence-corrected chi connectivity index (χ2v) is 19.7. The van der Waals surface area contributed by atoms with E-state index in [0.717, 1.165) is 20.8 Å². The van der Waals surface area contributed by atoms with Gasteiger partial charge in [-0.3, -0.25) is 19.2 Å². The van der Waals surface area contributed by atoms with Gasteiger partial charge in [-0.2, -0.15) is 0 Å². The fourth-order valence-electron chi connectivity index (χ4n) is 9.80. The molecule has 6 aliphatic heterocycles. The van der Waals surface area contributed by atoms with E-state index >= 15 is 0 Å². The van der Waals surface area contributed by atoms with Crippen molar-refractivity contribution in [3.63, 3.8) is 0 Å². The largest absolute Gasteiger partial charge is 0.394 e. The first-order chi connectivity index (χ1) is 37.7. The quantitative estimate of drug-likeness (QED) is 0.0606. The van der Waals surface area contributed by atoms with Gasteiger partial charge in [0.2, 0.25) is 23.6 Å². The number of hydrogen-bond acceptors (Lipinski definition) is 32. The summed E-state index contributed by atoms with van der Waals surface area (Å²) in [5.41, 5.74) is 5.87. The number of amides is 4. The molecule has 0 saturated carbocycles. The molecule has 6 fully saturated rings. The Hall–Kier alpha value is -3.24. The minimum Gasteiger partial charge on any atom is -0.394 e. The second-order valence-electron chi connectivity index (χ2n) is 19.7. The molecule has 30 atom stereocenters. The number of carbonyl (C=O) groups is 4. The smallest absolute Gasteiger partial charge is 0.217 e.